The van der Waals surface area contributed by atoms with Crippen LogP contribution in [0.15, 0.2) is 42.5 Å². The van der Waals surface area contributed by atoms with Crippen LogP contribution in [0.4, 0.5) is 5.69 Å². The molecule has 0 bridgehead atoms. The van der Waals surface area contributed by atoms with Crippen LogP contribution >= 0.6 is 11.8 Å². The maximum absolute atomic E-state index is 13.8. The lowest BCUT2D eigenvalue weighted by molar-refractivity contribution is -0.142. The maximum atomic E-state index is 13.8. The third kappa shape index (κ3) is 3.32. The normalized spacial score (nSPS) is 27.9. The van der Waals surface area contributed by atoms with E-state index in [1.807, 2.05) is 62.6 Å². The summed E-state index contributed by atoms with van der Waals surface area (Å²) in [4.78, 5) is 42.4. The third-order valence-corrected chi connectivity index (χ3v) is 8.00. The lowest BCUT2D eigenvalue weighted by Gasteiger charge is -2.30. The number of imide groups is 1. The molecule has 2 saturated heterocycles. The molecule has 0 saturated carbocycles. The minimum absolute atomic E-state index is 0.151. The summed E-state index contributed by atoms with van der Waals surface area (Å²) in [6.45, 7) is 4.30. The molecule has 3 aliphatic rings. The number of thioether (sulfide) groups is 1. The number of hydrogen-bond acceptors (Lipinski definition) is 5. The smallest absolute Gasteiger partial charge is 0.250 e. The van der Waals surface area contributed by atoms with Crippen molar-refractivity contribution >= 4 is 35.2 Å². The van der Waals surface area contributed by atoms with E-state index in [-0.39, 0.29) is 23.8 Å². The number of nitrogens with zero attached hydrogens (tertiary/aromatic N) is 1. The summed E-state index contributed by atoms with van der Waals surface area (Å²) >= 11 is 1.70. The zero-order chi connectivity index (χ0) is 23.3. The van der Waals surface area contributed by atoms with Crippen molar-refractivity contribution in [1.29, 1.82) is 0 Å². The van der Waals surface area contributed by atoms with Gasteiger partial charge in [-0.2, -0.15) is 11.8 Å². The fourth-order valence-electron chi connectivity index (χ4n) is 5.92. The second-order valence-corrected chi connectivity index (χ2v) is 10.4. The summed E-state index contributed by atoms with van der Waals surface area (Å²) < 4.78 is 0. The Labute approximate surface area is 198 Å². The Bertz CT molecular complexity index is 1140. The van der Waals surface area contributed by atoms with Crippen molar-refractivity contribution in [3.8, 4) is 0 Å². The van der Waals surface area contributed by atoms with Crippen LogP contribution in [0.25, 0.3) is 0 Å². The van der Waals surface area contributed by atoms with E-state index in [1.165, 1.54) is 4.90 Å². The molecule has 2 fully saturated rings. The maximum Gasteiger partial charge on any atom is 0.250 e. The van der Waals surface area contributed by atoms with Crippen LogP contribution in [0.2, 0.25) is 0 Å². The second-order valence-electron chi connectivity index (χ2n) is 9.37. The standard InChI is InChI=1S/C26H29N3O3S/c1-15-13-16(2)22-18(14-15)26(25(32)27-22)21-20(19(28-26)10-12-33-3)23(30)29(24(21)31)11-9-17-7-5-4-6-8-17/h4-8,13-14,19-21,28H,9-12H2,1-3H3,(H,27,32)/t19-,20+,21+,26-/m0/s1. The van der Waals surface area contributed by atoms with E-state index in [0.29, 0.717) is 13.0 Å². The molecule has 172 valence electrons. The van der Waals surface area contributed by atoms with Crippen LogP contribution in [-0.2, 0) is 26.3 Å². The van der Waals surface area contributed by atoms with E-state index in [2.05, 4.69) is 10.6 Å². The van der Waals surface area contributed by atoms with Gasteiger partial charge in [0.1, 0.15) is 5.54 Å². The molecule has 4 atom stereocenters. The average molecular weight is 464 g/mol. The van der Waals surface area contributed by atoms with Gasteiger partial charge < -0.3 is 5.32 Å². The Morgan fingerprint density at radius 1 is 1.06 bits per heavy atom. The van der Waals surface area contributed by atoms with E-state index in [9.17, 15) is 14.4 Å². The fourth-order valence-corrected chi connectivity index (χ4v) is 6.41. The monoisotopic (exact) mass is 463 g/mol. The highest BCUT2D eigenvalue weighted by Gasteiger charge is 2.70. The minimum atomic E-state index is -1.20. The molecule has 33 heavy (non-hydrogen) atoms. The largest absolute Gasteiger partial charge is 0.324 e. The predicted molar refractivity (Wildman–Crippen MR) is 130 cm³/mol. The van der Waals surface area contributed by atoms with Crippen LogP contribution in [0.1, 0.15) is 28.7 Å². The Morgan fingerprint density at radius 3 is 2.55 bits per heavy atom. The SMILES string of the molecule is CSCC[C@@H]1N[C@]2(C(=O)Nc3c(C)cc(C)cc32)[C@H]2C(=O)N(CCc3ccccc3)C(=O)[C@H]12. The number of fused-ring (bicyclic) bond motifs is 4. The zero-order valence-electron chi connectivity index (χ0n) is 19.2. The molecule has 2 aromatic rings. The molecule has 3 aliphatic heterocycles. The van der Waals surface area contributed by atoms with Crippen LogP contribution in [0.5, 0.6) is 0 Å². The first kappa shape index (κ1) is 22.2. The first-order valence-electron chi connectivity index (χ1n) is 11.5. The lowest BCUT2D eigenvalue weighted by atomic mass is 9.76. The number of likely N-dealkylation sites (tertiary alicyclic amines) is 1. The number of nitrogens with one attached hydrogen (secondary N) is 2. The second kappa shape index (κ2) is 8.29. The van der Waals surface area contributed by atoms with Gasteiger partial charge in [0.05, 0.1) is 11.8 Å². The molecular weight excluding hydrogens is 434 g/mol. The highest BCUT2D eigenvalue weighted by Crippen LogP contribution is 2.54. The van der Waals surface area contributed by atoms with Crippen LogP contribution in [0, 0.1) is 25.7 Å². The number of benzene rings is 2. The Hall–Kier alpha value is -2.64. The van der Waals surface area contributed by atoms with E-state index < -0.39 is 17.4 Å². The number of hydrogen-bond donors (Lipinski definition) is 2. The molecule has 1 spiro atoms. The molecule has 0 unspecified atom stereocenters. The number of rotatable bonds is 6. The summed E-state index contributed by atoms with van der Waals surface area (Å²) in [7, 11) is 0. The number of anilines is 1. The van der Waals surface area contributed by atoms with Crippen LogP contribution in [-0.4, -0.2) is 47.2 Å². The van der Waals surface area contributed by atoms with Gasteiger partial charge in [-0.25, -0.2) is 0 Å². The van der Waals surface area contributed by atoms with Crippen molar-refractivity contribution in [3.63, 3.8) is 0 Å². The van der Waals surface area contributed by atoms with Crippen LogP contribution < -0.4 is 10.6 Å². The molecule has 0 aliphatic carbocycles. The topological polar surface area (TPSA) is 78.5 Å². The Balaban J connectivity index is 1.55. The summed E-state index contributed by atoms with van der Waals surface area (Å²) in [6.07, 6.45) is 3.36. The first-order valence-corrected chi connectivity index (χ1v) is 12.9. The zero-order valence-corrected chi connectivity index (χ0v) is 20.0. The number of aryl methyl sites for hydroxylation is 2. The highest BCUT2D eigenvalue weighted by atomic mass is 32.2. The Morgan fingerprint density at radius 2 is 1.82 bits per heavy atom. The van der Waals surface area contributed by atoms with Gasteiger partial charge >= 0.3 is 0 Å². The van der Waals surface area contributed by atoms with Gasteiger partial charge in [0.2, 0.25) is 17.7 Å². The quantitative estimate of drug-likeness (QED) is 0.644. The van der Waals surface area contributed by atoms with Gasteiger partial charge in [-0.1, -0.05) is 48.0 Å². The molecule has 3 heterocycles. The van der Waals surface area contributed by atoms with Crippen LogP contribution in [0.3, 0.4) is 0 Å². The highest BCUT2D eigenvalue weighted by molar-refractivity contribution is 7.98. The summed E-state index contributed by atoms with van der Waals surface area (Å²) in [5.41, 5.74) is 3.46. The van der Waals surface area contributed by atoms with Gasteiger partial charge in [-0.3, -0.25) is 24.6 Å². The van der Waals surface area contributed by atoms with Gasteiger partial charge in [-0.05, 0) is 49.8 Å². The number of carbonyl (C=O) groups excluding carboxylic acids is 3. The number of carbonyl (C=O) groups is 3. The van der Waals surface area contributed by atoms with E-state index in [4.69, 9.17) is 0 Å². The summed E-state index contributed by atoms with van der Waals surface area (Å²) in [5.74, 6) is -1.01. The van der Waals surface area contributed by atoms with E-state index in [0.717, 1.165) is 40.1 Å². The first-order chi connectivity index (χ1) is 15.9. The Kier molecular flexibility index (Phi) is 5.57. The molecule has 7 heteroatoms. The summed E-state index contributed by atoms with van der Waals surface area (Å²) in [6, 6.07) is 13.7. The molecule has 2 aromatic carbocycles. The van der Waals surface area contributed by atoms with Gasteiger partial charge in [0.15, 0.2) is 0 Å². The third-order valence-electron chi connectivity index (χ3n) is 7.36. The molecule has 0 radical (unpaired) electrons. The molecule has 6 nitrogen and oxygen atoms in total. The minimum Gasteiger partial charge on any atom is -0.324 e. The molecule has 2 N–H and O–H groups in total. The number of amides is 3. The van der Waals surface area contributed by atoms with Gasteiger partial charge in [-0.15, -0.1) is 0 Å². The fraction of sp³-hybridized carbons (Fsp3) is 0.423. The van der Waals surface area contributed by atoms with Crippen molar-refractivity contribution in [2.75, 3.05) is 23.9 Å². The molecule has 0 aromatic heterocycles. The molecule has 3 amide bonds. The summed E-state index contributed by atoms with van der Waals surface area (Å²) in [5, 5.41) is 6.56. The van der Waals surface area contributed by atoms with Crippen molar-refractivity contribution in [2.45, 2.75) is 38.3 Å². The lowest BCUT2D eigenvalue weighted by Crippen LogP contribution is -2.53. The van der Waals surface area contributed by atoms with Gasteiger partial charge in [0.25, 0.3) is 0 Å². The molecular formula is C26H29N3O3S. The van der Waals surface area contributed by atoms with Crippen molar-refractivity contribution < 1.29 is 14.4 Å². The van der Waals surface area contributed by atoms with E-state index in [1.54, 1.807) is 11.8 Å². The predicted octanol–water partition coefficient (Wildman–Crippen LogP) is 3.02. The van der Waals surface area contributed by atoms with Crippen molar-refractivity contribution in [3.05, 3.63) is 64.7 Å². The van der Waals surface area contributed by atoms with Crippen molar-refractivity contribution in [2.24, 2.45) is 11.8 Å². The van der Waals surface area contributed by atoms with Gasteiger partial charge in [0, 0.05) is 23.8 Å². The van der Waals surface area contributed by atoms with E-state index >= 15 is 0 Å². The van der Waals surface area contributed by atoms with Crippen molar-refractivity contribution in [1.82, 2.24) is 10.2 Å². The average Bonchev–Trinajstić information content (AvgIpc) is 3.37. The molecule has 5 rings (SSSR count).